The number of hydrogen-bond donors (Lipinski definition) is 0. The molecule has 1 aliphatic heterocycles. The molecule has 2 aromatic rings. The van der Waals surface area contributed by atoms with E-state index in [1.807, 2.05) is 6.92 Å². The van der Waals surface area contributed by atoms with E-state index < -0.39 is 0 Å². The number of anilines is 1. The molecule has 0 aliphatic carbocycles. The molecule has 3 rings (SSSR count). The number of benzene rings is 1. The lowest BCUT2D eigenvalue weighted by atomic mass is 10.1. The molecule has 1 saturated heterocycles. The highest BCUT2D eigenvalue weighted by molar-refractivity contribution is 5.71. The molecule has 1 fully saturated rings. The van der Waals surface area contributed by atoms with Gasteiger partial charge in [-0.2, -0.15) is 0 Å². The Bertz CT molecular complexity index is 620. The molecule has 0 amide bonds. The van der Waals surface area contributed by atoms with Crippen LogP contribution in [-0.2, 0) is 0 Å². The molecule has 0 bridgehead atoms. The maximum absolute atomic E-state index is 13.1. The Morgan fingerprint density at radius 3 is 2.33 bits per heavy atom. The minimum atomic E-state index is -0.257. The minimum Gasteiger partial charge on any atom is -0.352 e. The first-order chi connectivity index (χ1) is 10.1. The minimum absolute atomic E-state index is 0.257. The van der Waals surface area contributed by atoms with E-state index in [4.69, 9.17) is 0 Å². The van der Waals surface area contributed by atoms with Crippen LogP contribution in [0.25, 0.3) is 11.3 Å². The highest BCUT2D eigenvalue weighted by Crippen LogP contribution is 2.27. The fourth-order valence-corrected chi connectivity index (χ4v) is 2.43. The van der Waals surface area contributed by atoms with E-state index in [2.05, 4.69) is 32.0 Å². The summed E-state index contributed by atoms with van der Waals surface area (Å²) in [4.78, 5) is 9.07. The van der Waals surface area contributed by atoms with Crippen molar-refractivity contribution in [1.82, 2.24) is 20.1 Å². The Labute approximate surface area is 123 Å². The Morgan fingerprint density at radius 2 is 1.67 bits per heavy atom. The summed E-state index contributed by atoms with van der Waals surface area (Å²) in [5.41, 5.74) is 1.55. The monoisotopic (exact) mass is 287 g/mol. The Balaban J connectivity index is 1.98. The van der Waals surface area contributed by atoms with Gasteiger partial charge in [-0.05, 0) is 38.2 Å². The first kappa shape index (κ1) is 13.9. The zero-order valence-electron chi connectivity index (χ0n) is 12.3. The number of aromatic nitrogens is 3. The molecule has 1 aromatic heterocycles. The van der Waals surface area contributed by atoms with Crippen molar-refractivity contribution in [1.29, 1.82) is 0 Å². The van der Waals surface area contributed by atoms with Gasteiger partial charge in [0.15, 0.2) is 5.82 Å². The van der Waals surface area contributed by atoms with Crippen molar-refractivity contribution < 1.29 is 4.39 Å². The highest BCUT2D eigenvalue weighted by atomic mass is 19.1. The molecular formula is C15H18FN5. The summed E-state index contributed by atoms with van der Waals surface area (Å²) < 4.78 is 13.1. The average molecular weight is 287 g/mol. The van der Waals surface area contributed by atoms with Gasteiger partial charge in [0.05, 0.1) is 0 Å². The fourth-order valence-electron chi connectivity index (χ4n) is 2.43. The Kier molecular flexibility index (Phi) is 3.79. The van der Waals surface area contributed by atoms with Crippen molar-refractivity contribution in [3.05, 3.63) is 35.9 Å². The van der Waals surface area contributed by atoms with Crippen molar-refractivity contribution in [3.63, 3.8) is 0 Å². The molecule has 2 heterocycles. The Hall–Kier alpha value is -2.08. The smallest absolute Gasteiger partial charge is 0.159 e. The van der Waals surface area contributed by atoms with Gasteiger partial charge in [-0.1, -0.05) is 0 Å². The lowest BCUT2D eigenvalue weighted by Gasteiger charge is -2.33. The van der Waals surface area contributed by atoms with Crippen molar-refractivity contribution in [2.45, 2.75) is 6.92 Å². The van der Waals surface area contributed by atoms with Crippen LogP contribution in [0.15, 0.2) is 24.3 Å². The average Bonchev–Trinajstić information content (AvgIpc) is 2.49. The summed E-state index contributed by atoms with van der Waals surface area (Å²) in [6.45, 7) is 5.63. The normalized spacial score (nSPS) is 16.2. The fraction of sp³-hybridized carbons (Fsp3) is 0.400. The summed E-state index contributed by atoms with van der Waals surface area (Å²) in [6, 6.07) is 6.31. The summed E-state index contributed by atoms with van der Waals surface area (Å²) in [7, 11) is 2.11. The van der Waals surface area contributed by atoms with E-state index in [1.165, 1.54) is 12.1 Å². The van der Waals surface area contributed by atoms with Gasteiger partial charge >= 0.3 is 0 Å². The zero-order chi connectivity index (χ0) is 14.8. The molecule has 0 radical (unpaired) electrons. The topological polar surface area (TPSA) is 45.2 Å². The van der Waals surface area contributed by atoms with E-state index in [1.54, 1.807) is 12.1 Å². The predicted octanol–water partition coefficient (Wildman–Crippen LogP) is 1.74. The molecular weight excluding hydrogens is 269 g/mol. The van der Waals surface area contributed by atoms with Gasteiger partial charge in [-0.15, -0.1) is 10.2 Å². The number of halogens is 1. The SMILES string of the molecule is Cc1nnc(-c2ccc(F)cc2)c(N2CCN(C)CC2)n1. The van der Waals surface area contributed by atoms with Gasteiger partial charge in [0.25, 0.3) is 0 Å². The largest absolute Gasteiger partial charge is 0.352 e. The van der Waals surface area contributed by atoms with Gasteiger partial charge in [-0.25, -0.2) is 9.37 Å². The second-order valence-corrected chi connectivity index (χ2v) is 5.33. The quantitative estimate of drug-likeness (QED) is 0.842. The van der Waals surface area contributed by atoms with E-state index in [0.29, 0.717) is 11.5 Å². The molecule has 1 aliphatic rings. The lowest BCUT2D eigenvalue weighted by Crippen LogP contribution is -2.45. The molecule has 0 unspecified atom stereocenters. The molecule has 0 spiro atoms. The Morgan fingerprint density at radius 1 is 1.00 bits per heavy atom. The van der Waals surface area contributed by atoms with Gasteiger partial charge in [-0.3, -0.25) is 0 Å². The zero-order valence-corrected chi connectivity index (χ0v) is 12.3. The maximum atomic E-state index is 13.1. The molecule has 110 valence electrons. The van der Waals surface area contributed by atoms with Crippen LogP contribution in [0, 0.1) is 12.7 Å². The number of likely N-dealkylation sites (N-methyl/N-ethyl adjacent to an activating group) is 1. The number of piperazine rings is 1. The maximum Gasteiger partial charge on any atom is 0.159 e. The molecule has 21 heavy (non-hydrogen) atoms. The van der Waals surface area contributed by atoms with Crippen LogP contribution in [0.2, 0.25) is 0 Å². The summed E-state index contributed by atoms with van der Waals surface area (Å²) in [5, 5.41) is 8.34. The molecule has 1 aromatic carbocycles. The van der Waals surface area contributed by atoms with Crippen molar-refractivity contribution in [3.8, 4) is 11.3 Å². The number of nitrogens with zero attached hydrogens (tertiary/aromatic N) is 5. The second kappa shape index (κ2) is 5.73. The van der Waals surface area contributed by atoms with Gasteiger partial charge in [0.1, 0.15) is 17.3 Å². The second-order valence-electron chi connectivity index (χ2n) is 5.33. The molecule has 5 nitrogen and oxygen atoms in total. The third-order valence-electron chi connectivity index (χ3n) is 3.69. The number of rotatable bonds is 2. The van der Waals surface area contributed by atoms with Gasteiger partial charge in [0.2, 0.25) is 0 Å². The summed E-state index contributed by atoms with van der Waals surface area (Å²) >= 11 is 0. The molecule has 0 N–H and O–H groups in total. The standard InChI is InChI=1S/C15H18FN5/c1-11-17-15(21-9-7-20(2)8-10-21)14(19-18-11)12-3-5-13(16)6-4-12/h3-6H,7-10H2,1-2H3. The highest BCUT2D eigenvalue weighted by Gasteiger charge is 2.20. The van der Waals surface area contributed by atoms with Crippen LogP contribution >= 0.6 is 0 Å². The van der Waals surface area contributed by atoms with Gasteiger partial charge < -0.3 is 9.80 Å². The van der Waals surface area contributed by atoms with E-state index in [0.717, 1.165) is 37.6 Å². The van der Waals surface area contributed by atoms with Gasteiger partial charge in [0, 0.05) is 31.7 Å². The third kappa shape index (κ3) is 3.00. The van der Waals surface area contributed by atoms with Crippen LogP contribution in [-0.4, -0.2) is 53.3 Å². The van der Waals surface area contributed by atoms with E-state index in [-0.39, 0.29) is 5.82 Å². The van der Waals surface area contributed by atoms with E-state index in [9.17, 15) is 4.39 Å². The number of hydrogen-bond acceptors (Lipinski definition) is 5. The van der Waals surface area contributed by atoms with Crippen molar-refractivity contribution in [2.24, 2.45) is 0 Å². The first-order valence-electron chi connectivity index (χ1n) is 7.04. The first-order valence-corrected chi connectivity index (χ1v) is 7.04. The summed E-state index contributed by atoms with van der Waals surface area (Å²) in [6.07, 6.45) is 0. The van der Waals surface area contributed by atoms with E-state index >= 15 is 0 Å². The molecule has 0 saturated carbocycles. The third-order valence-corrected chi connectivity index (χ3v) is 3.69. The van der Waals surface area contributed by atoms with Crippen molar-refractivity contribution in [2.75, 3.05) is 38.1 Å². The van der Waals surface area contributed by atoms with Crippen LogP contribution < -0.4 is 4.90 Å². The predicted molar refractivity (Wildman–Crippen MR) is 79.7 cm³/mol. The van der Waals surface area contributed by atoms with Crippen LogP contribution in [0.3, 0.4) is 0 Å². The van der Waals surface area contributed by atoms with Crippen LogP contribution in [0.1, 0.15) is 5.82 Å². The van der Waals surface area contributed by atoms with Crippen LogP contribution in [0.4, 0.5) is 10.2 Å². The van der Waals surface area contributed by atoms with Crippen LogP contribution in [0.5, 0.6) is 0 Å². The van der Waals surface area contributed by atoms with Crippen molar-refractivity contribution >= 4 is 5.82 Å². The number of aryl methyl sites for hydroxylation is 1. The molecule has 6 heteroatoms. The lowest BCUT2D eigenvalue weighted by molar-refractivity contribution is 0.312. The molecule has 0 atom stereocenters. The summed E-state index contributed by atoms with van der Waals surface area (Å²) in [5.74, 6) is 1.23.